The third-order valence-electron chi connectivity index (χ3n) is 3.68. The van der Waals surface area contributed by atoms with E-state index in [2.05, 4.69) is 27.9 Å². The fourth-order valence-corrected chi connectivity index (χ4v) is 3.00. The predicted octanol–water partition coefficient (Wildman–Crippen LogP) is 2.98. The van der Waals surface area contributed by atoms with E-state index in [0.29, 0.717) is 6.42 Å². The fraction of sp³-hybridized carbons (Fsp3) is 0.571. The lowest BCUT2D eigenvalue weighted by Crippen LogP contribution is -2.32. The van der Waals surface area contributed by atoms with Gasteiger partial charge in [-0.1, -0.05) is 22.0 Å². The minimum absolute atomic E-state index is 0.252. The van der Waals surface area contributed by atoms with E-state index >= 15 is 0 Å². The highest BCUT2D eigenvalue weighted by Crippen LogP contribution is 2.29. The summed E-state index contributed by atoms with van der Waals surface area (Å²) in [6.45, 7) is 1.95. The van der Waals surface area contributed by atoms with Crippen molar-refractivity contribution in [1.82, 2.24) is 4.90 Å². The van der Waals surface area contributed by atoms with Gasteiger partial charge in [-0.2, -0.15) is 0 Å². The number of likely N-dealkylation sites (tertiary alicyclic amines) is 1. The van der Waals surface area contributed by atoms with Crippen molar-refractivity contribution in [1.29, 1.82) is 0 Å². The monoisotopic (exact) mass is 315 g/mol. The molecule has 1 aliphatic rings. The Morgan fingerprint density at radius 1 is 1.39 bits per heavy atom. The molecule has 0 spiro atoms. The molecule has 1 atom stereocenters. The van der Waals surface area contributed by atoms with Crippen LogP contribution in [-0.2, 0) is 6.42 Å². The van der Waals surface area contributed by atoms with Crippen LogP contribution < -0.4 is 0 Å². The van der Waals surface area contributed by atoms with E-state index in [9.17, 15) is 9.50 Å². The Labute approximate surface area is 116 Å². The summed E-state index contributed by atoms with van der Waals surface area (Å²) in [5.41, 5.74) is 0.314. The van der Waals surface area contributed by atoms with Crippen molar-refractivity contribution in [2.24, 2.45) is 0 Å². The van der Waals surface area contributed by atoms with Crippen molar-refractivity contribution in [2.75, 3.05) is 20.1 Å². The zero-order valence-electron chi connectivity index (χ0n) is 10.6. The second-order valence-corrected chi connectivity index (χ2v) is 6.15. The lowest BCUT2D eigenvalue weighted by molar-refractivity contribution is 0.0261. The van der Waals surface area contributed by atoms with Gasteiger partial charge < -0.3 is 10.0 Å². The predicted molar refractivity (Wildman–Crippen MR) is 74.1 cm³/mol. The van der Waals surface area contributed by atoms with E-state index in [4.69, 9.17) is 0 Å². The maximum Gasteiger partial charge on any atom is 0.124 e. The van der Waals surface area contributed by atoms with Crippen LogP contribution in [0, 0.1) is 5.82 Å². The van der Waals surface area contributed by atoms with Crippen molar-refractivity contribution in [3.8, 4) is 0 Å². The topological polar surface area (TPSA) is 23.5 Å². The Balaban J connectivity index is 2.11. The van der Waals surface area contributed by atoms with Gasteiger partial charge in [0.05, 0.1) is 5.60 Å². The first-order chi connectivity index (χ1) is 8.48. The molecule has 0 aliphatic carbocycles. The average molecular weight is 316 g/mol. The average Bonchev–Trinajstić information content (AvgIpc) is 2.46. The van der Waals surface area contributed by atoms with Crippen molar-refractivity contribution in [3.05, 3.63) is 34.1 Å². The quantitative estimate of drug-likeness (QED) is 0.907. The van der Waals surface area contributed by atoms with Crippen LogP contribution in [0.5, 0.6) is 0 Å². The molecule has 0 amide bonds. The number of hydrogen-bond acceptors (Lipinski definition) is 2. The first-order valence-corrected chi connectivity index (χ1v) is 7.13. The molecule has 0 bridgehead atoms. The van der Waals surface area contributed by atoms with Gasteiger partial charge in [0, 0.05) is 17.4 Å². The molecule has 1 aromatic rings. The summed E-state index contributed by atoms with van der Waals surface area (Å²) in [7, 11) is 2.08. The first kappa shape index (κ1) is 14.0. The smallest absolute Gasteiger partial charge is 0.124 e. The van der Waals surface area contributed by atoms with E-state index in [1.54, 1.807) is 6.07 Å². The molecule has 1 heterocycles. The molecule has 2 nitrogen and oxygen atoms in total. The van der Waals surface area contributed by atoms with Gasteiger partial charge in [-0.05, 0) is 50.6 Å². The minimum Gasteiger partial charge on any atom is -0.389 e. The van der Waals surface area contributed by atoms with E-state index in [-0.39, 0.29) is 5.82 Å². The summed E-state index contributed by atoms with van der Waals surface area (Å²) >= 11 is 3.37. The molecule has 1 fully saturated rings. The largest absolute Gasteiger partial charge is 0.389 e. The zero-order valence-corrected chi connectivity index (χ0v) is 12.2. The molecule has 1 unspecified atom stereocenters. The second-order valence-electron chi connectivity index (χ2n) is 5.29. The van der Waals surface area contributed by atoms with Gasteiger partial charge in [-0.25, -0.2) is 4.39 Å². The number of aliphatic hydroxyl groups is 1. The normalized spacial score (nSPS) is 26.0. The molecule has 4 heteroatoms. The summed E-state index contributed by atoms with van der Waals surface area (Å²) in [6.07, 6.45) is 3.17. The lowest BCUT2D eigenvalue weighted by Gasteiger charge is -2.27. The number of halogens is 2. The van der Waals surface area contributed by atoms with Crippen molar-refractivity contribution < 1.29 is 9.50 Å². The van der Waals surface area contributed by atoms with Gasteiger partial charge in [0.15, 0.2) is 0 Å². The third kappa shape index (κ3) is 3.53. The highest BCUT2D eigenvalue weighted by Gasteiger charge is 2.30. The SMILES string of the molecule is CN1CCCC(O)(Cc2ccc(F)cc2Br)CC1. The minimum atomic E-state index is -0.662. The Hall–Kier alpha value is -0.450. The molecule has 100 valence electrons. The van der Waals surface area contributed by atoms with E-state index in [1.807, 2.05) is 0 Å². The van der Waals surface area contributed by atoms with Crippen molar-refractivity contribution in [2.45, 2.75) is 31.3 Å². The Morgan fingerprint density at radius 3 is 2.89 bits per heavy atom. The summed E-state index contributed by atoms with van der Waals surface area (Å²) in [6, 6.07) is 4.67. The molecule has 2 rings (SSSR count). The van der Waals surface area contributed by atoms with Gasteiger partial charge in [-0.15, -0.1) is 0 Å². The number of nitrogens with zero attached hydrogens (tertiary/aromatic N) is 1. The van der Waals surface area contributed by atoms with Crippen molar-refractivity contribution >= 4 is 15.9 Å². The molecule has 0 saturated carbocycles. The van der Waals surface area contributed by atoms with Crippen LogP contribution in [0.1, 0.15) is 24.8 Å². The highest BCUT2D eigenvalue weighted by atomic mass is 79.9. The first-order valence-electron chi connectivity index (χ1n) is 6.33. The number of hydrogen-bond donors (Lipinski definition) is 1. The summed E-state index contributed by atoms with van der Waals surface area (Å²) < 4.78 is 13.8. The molecule has 0 aromatic heterocycles. The van der Waals surface area contributed by atoms with Gasteiger partial charge in [0.2, 0.25) is 0 Å². The molecule has 0 radical (unpaired) electrons. The maximum absolute atomic E-state index is 13.0. The standard InChI is InChI=1S/C14H19BrFNO/c1-17-7-2-5-14(18,6-8-17)10-11-3-4-12(16)9-13(11)15/h3-4,9,18H,2,5-8,10H2,1H3. The molecule has 1 aliphatic heterocycles. The molecular formula is C14H19BrFNO. The van der Waals surface area contributed by atoms with Crippen LogP contribution in [-0.4, -0.2) is 35.7 Å². The van der Waals surface area contributed by atoms with Crippen LogP contribution in [0.15, 0.2) is 22.7 Å². The summed E-state index contributed by atoms with van der Waals surface area (Å²) in [4.78, 5) is 2.25. The van der Waals surface area contributed by atoms with Crippen LogP contribution in [0.3, 0.4) is 0 Å². The highest BCUT2D eigenvalue weighted by molar-refractivity contribution is 9.10. The molecule has 1 N–H and O–H groups in total. The zero-order chi connectivity index (χ0) is 13.2. The molecule has 18 heavy (non-hydrogen) atoms. The molecule has 1 aromatic carbocycles. The Bertz CT molecular complexity index is 426. The van der Waals surface area contributed by atoms with Crippen LogP contribution in [0.4, 0.5) is 4.39 Å². The van der Waals surface area contributed by atoms with Crippen LogP contribution in [0.25, 0.3) is 0 Å². The molecular weight excluding hydrogens is 297 g/mol. The van der Waals surface area contributed by atoms with E-state index < -0.39 is 5.60 Å². The Kier molecular flexibility index (Phi) is 4.41. The second kappa shape index (κ2) is 5.68. The number of benzene rings is 1. The van der Waals surface area contributed by atoms with Crippen LogP contribution >= 0.6 is 15.9 Å². The van der Waals surface area contributed by atoms with Gasteiger partial charge in [0.25, 0.3) is 0 Å². The maximum atomic E-state index is 13.0. The third-order valence-corrected chi connectivity index (χ3v) is 4.41. The van der Waals surface area contributed by atoms with E-state index in [0.717, 1.165) is 42.4 Å². The van der Waals surface area contributed by atoms with Gasteiger partial charge in [0.1, 0.15) is 5.82 Å². The van der Waals surface area contributed by atoms with Crippen LogP contribution in [0.2, 0.25) is 0 Å². The number of rotatable bonds is 2. The summed E-state index contributed by atoms with van der Waals surface area (Å²) in [5, 5.41) is 10.7. The van der Waals surface area contributed by atoms with Gasteiger partial charge in [-0.3, -0.25) is 0 Å². The lowest BCUT2D eigenvalue weighted by atomic mass is 9.88. The van der Waals surface area contributed by atoms with Gasteiger partial charge >= 0.3 is 0 Å². The van der Waals surface area contributed by atoms with E-state index in [1.165, 1.54) is 12.1 Å². The fourth-order valence-electron chi connectivity index (χ4n) is 2.51. The summed E-state index contributed by atoms with van der Waals surface area (Å²) in [5.74, 6) is -0.252. The van der Waals surface area contributed by atoms with Crippen molar-refractivity contribution in [3.63, 3.8) is 0 Å². The molecule has 1 saturated heterocycles. The Morgan fingerprint density at radius 2 is 2.17 bits per heavy atom.